The summed E-state index contributed by atoms with van der Waals surface area (Å²) < 4.78 is 25.8. The summed E-state index contributed by atoms with van der Waals surface area (Å²) in [5.41, 5.74) is 1.69. The SMILES string of the molecule is O=C1c2ccccc2CC[C@H]1CS(=O)(=O)c1ccc(Br)cc1. The standard InChI is InChI=1S/C17H15BrO3S/c18-14-7-9-15(10-8-14)22(20,21)11-13-6-5-12-3-1-2-4-16(12)17(13)19/h1-4,7-10,13H,5-6,11H2/t13-/m0/s1. The number of benzene rings is 2. The Morgan fingerprint density at radius 1 is 1.05 bits per heavy atom. The molecule has 0 saturated carbocycles. The summed E-state index contributed by atoms with van der Waals surface area (Å²) in [6.07, 6.45) is 1.34. The highest BCUT2D eigenvalue weighted by Gasteiger charge is 2.31. The molecule has 3 rings (SSSR count). The molecule has 2 aromatic carbocycles. The van der Waals surface area contributed by atoms with Crippen molar-refractivity contribution in [3.05, 3.63) is 64.1 Å². The first-order valence-electron chi connectivity index (χ1n) is 7.08. The first-order chi connectivity index (χ1) is 10.5. The molecule has 0 N–H and O–H groups in total. The monoisotopic (exact) mass is 378 g/mol. The molecule has 0 bridgehead atoms. The molecule has 1 atom stereocenters. The van der Waals surface area contributed by atoms with E-state index in [2.05, 4.69) is 15.9 Å². The summed E-state index contributed by atoms with van der Waals surface area (Å²) in [5.74, 6) is -0.631. The van der Waals surface area contributed by atoms with Crippen LogP contribution in [-0.2, 0) is 16.3 Å². The van der Waals surface area contributed by atoms with Crippen molar-refractivity contribution >= 4 is 31.6 Å². The maximum Gasteiger partial charge on any atom is 0.179 e. The fraction of sp³-hybridized carbons (Fsp3) is 0.235. The van der Waals surface area contributed by atoms with Crippen LogP contribution in [0.4, 0.5) is 0 Å². The van der Waals surface area contributed by atoms with Gasteiger partial charge in [-0.15, -0.1) is 0 Å². The quantitative estimate of drug-likeness (QED) is 0.818. The van der Waals surface area contributed by atoms with Crippen LogP contribution in [0.3, 0.4) is 0 Å². The van der Waals surface area contributed by atoms with Crippen molar-refractivity contribution in [1.29, 1.82) is 0 Å². The molecule has 0 spiro atoms. The number of hydrogen-bond acceptors (Lipinski definition) is 3. The van der Waals surface area contributed by atoms with Crippen molar-refractivity contribution in [2.75, 3.05) is 5.75 Å². The highest BCUT2D eigenvalue weighted by Crippen LogP contribution is 2.28. The first kappa shape index (κ1) is 15.4. The third-order valence-corrected chi connectivity index (χ3v) is 6.37. The Morgan fingerprint density at radius 2 is 1.73 bits per heavy atom. The molecule has 0 amide bonds. The van der Waals surface area contributed by atoms with Gasteiger partial charge in [-0.2, -0.15) is 0 Å². The summed E-state index contributed by atoms with van der Waals surface area (Å²) >= 11 is 3.29. The highest BCUT2D eigenvalue weighted by atomic mass is 79.9. The van der Waals surface area contributed by atoms with Crippen LogP contribution in [0.5, 0.6) is 0 Å². The van der Waals surface area contributed by atoms with E-state index in [4.69, 9.17) is 0 Å². The Kier molecular flexibility index (Phi) is 4.19. The van der Waals surface area contributed by atoms with Crippen molar-refractivity contribution < 1.29 is 13.2 Å². The predicted octanol–water partition coefficient (Wildman–Crippen LogP) is 3.67. The van der Waals surface area contributed by atoms with Gasteiger partial charge < -0.3 is 0 Å². The first-order valence-corrected chi connectivity index (χ1v) is 9.52. The zero-order valence-corrected chi connectivity index (χ0v) is 14.2. The molecule has 22 heavy (non-hydrogen) atoms. The molecule has 0 fully saturated rings. The lowest BCUT2D eigenvalue weighted by Crippen LogP contribution is -2.29. The normalized spacial score (nSPS) is 18.0. The number of rotatable bonds is 3. The summed E-state index contributed by atoms with van der Waals surface area (Å²) in [7, 11) is -3.45. The maximum atomic E-state index is 12.5. The summed E-state index contributed by atoms with van der Waals surface area (Å²) in [6, 6.07) is 14.0. The zero-order valence-electron chi connectivity index (χ0n) is 11.8. The Bertz CT molecular complexity index is 810. The van der Waals surface area contributed by atoms with Crippen LogP contribution in [0.2, 0.25) is 0 Å². The van der Waals surface area contributed by atoms with Crippen LogP contribution in [0.15, 0.2) is 57.9 Å². The minimum absolute atomic E-state index is 0.0532. The zero-order chi connectivity index (χ0) is 15.7. The summed E-state index contributed by atoms with van der Waals surface area (Å²) in [6.45, 7) is 0. The fourth-order valence-electron chi connectivity index (χ4n) is 2.82. The molecule has 1 aliphatic rings. The third-order valence-electron chi connectivity index (χ3n) is 4.01. The van der Waals surface area contributed by atoms with Crippen LogP contribution < -0.4 is 0 Å². The van der Waals surface area contributed by atoms with Crippen LogP contribution in [0, 0.1) is 5.92 Å². The largest absolute Gasteiger partial charge is 0.294 e. The van der Waals surface area contributed by atoms with E-state index in [0.717, 1.165) is 16.5 Å². The molecular weight excluding hydrogens is 364 g/mol. The van der Waals surface area contributed by atoms with Crippen molar-refractivity contribution in [2.45, 2.75) is 17.7 Å². The lowest BCUT2D eigenvalue weighted by Gasteiger charge is -2.23. The van der Waals surface area contributed by atoms with Gasteiger partial charge in [-0.25, -0.2) is 8.42 Å². The number of carbonyl (C=O) groups excluding carboxylic acids is 1. The average molecular weight is 379 g/mol. The number of hydrogen-bond donors (Lipinski definition) is 0. The van der Waals surface area contributed by atoms with E-state index in [9.17, 15) is 13.2 Å². The molecule has 0 heterocycles. The molecule has 3 nitrogen and oxygen atoms in total. The predicted molar refractivity (Wildman–Crippen MR) is 88.8 cm³/mol. The van der Waals surface area contributed by atoms with Gasteiger partial charge >= 0.3 is 0 Å². The third kappa shape index (κ3) is 3.01. The number of carbonyl (C=O) groups is 1. The van der Waals surface area contributed by atoms with Crippen molar-refractivity contribution in [1.82, 2.24) is 0 Å². The van der Waals surface area contributed by atoms with Crippen molar-refractivity contribution in [3.63, 3.8) is 0 Å². The fourth-order valence-corrected chi connectivity index (χ4v) is 4.68. The topological polar surface area (TPSA) is 51.2 Å². The molecule has 114 valence electrons. The second kappa shape index (κ2) is 5.97. The second-order valence-corrected chi connectivity index (χ2v) is 8.44. The summed E-state index contributed by atoms with van der Waals surface area (Å²) in [5, 5.41) is 0. The Balaban J connectivity index is 1.85. The maximum absolute atomic E-state index is 12.5. The van der Waals surface area contributed by atoms with Gasteiger partial charge in [0.25, 0.3) is 0 Å². The van der Waals surface area contributed by atoms with Crippen LogP contribution in [0.25, 0.3) is 0 Å². The minimum Gasteiger partial charge on any atom is -0.294 e. The average Bonchev–Trinajstić information content (AvgIpc) is 2.51. The van der Waals surface area contributed by atoms with Crippen molar-refractivity contribution in [2.24, 2.45) is 5.92 Å². The van der Waals surface area contributed by atoms with Gasteiger partial charge in [0, 0.05) is 16.0 Å². The second-order valence-electron chi connectivity index (χ2n) is 5.49. The van der Waals surface area contributed by atoms with Gasteiger partial charge in [-0.3, -0.25) is 4.79 Å². The molecular formula is C17H15BrO3S. The number of ketones is 1. The smallest absolute Gasteiger partial charge is 0.179 e. The van der Waals surface area contributed by atoms with E-state index in [1.54, 1.807) is 30.3 Å². The molecule has 2 aromatic rings. The van der Waals surface area contributed by atoms with Crippen molar-refractivity contribution in [3.8, 4) is 0 Å². The van der Waals surface area contributed by atoms with Crippen LogP contribution in [0.1, 0.15) is 22.3 Å². The molecule has 5 heteroatoms. The van der Waals surface area contributed by atoms with E-state index in [-0.39, 0.29) is 16.4 Å². The van der Waals surface area contributed by atoms with E-state index in [1.807, 2.05) is 18.2 Å². The molecule has 1 aliphatic carbocycles. The molecule has 0 unspecified atom stereocenters. The van der Waals surface area contributed by atoms with Crippen LogP contribution in [-0.4, -0.2) is 20.0 Å². The molecule has 0 saturated heterocycles. The van der Waals surface area contributed by atoms with E-state index < -0.39 is 15.8 Å². The number of Topliss-reactive ketones (excluding diaryl/α,β-unsaturated/α-hetero) is 1. The number of halogens is 1. The highest BCUT2D eigenvalue weighted by molar-refractivity contribution is 9.10. The molecule has 0 aromatic heterocycles. The Labute approximate surface area is 138 Å². The van der Waals surface area contributed by atoms with Gasteiger partial charge in [0.1, 0.15) is 0 Å². The van der Waals surface area contributed by atoms with E-state index in [1.165, 1.54) is 0 Å². The van der Waals surface area contributed by atoms with Gasteiger partial charge in [0.05, 0.1) is 10.6 Å². The molecule has 0 aliphatic heterocycles. The summed E-state index contributed by atoms with van der Waals surface area (Å²) in [4.78, 5) is 12.8. The molecule has 0 radical (unpaired) electrons. The van der Waals surface area contributed by atoms with E-state index >= 15 is 0 Å². The van der Waals surface area contributed by atoms with Gasteiger partial charge in [-0.1, -0.05) is 40.2 Å². The number of aryl methyl sites for hydroxylation is 1. The van der Waals surface area contributed by atoms with Gasteiger partial charge in [0.15, 0.2) is 15.6 Å². The van der Waals surface area contributed by atoms with Gasteiger partial charge in [0.2, 0.25) is 0 Å². The lowest BCUT2D eigenvalue weighted by molar-refractivity contribution is 0.0915. The Hall–Kier alpha value is -1.46. The lowest BCUT2D eigenvalue weighted by atomic mass is 9.84. The Morgan fingerprint density at radius 3 is 2.45 bits per heavy atom. The van der Waals surface area contributed by atoms with E-state index in [0.29, 0.717) is 12.0 Å². The minimum atomic E-state index is -3.45. The number of sulfone groups is 1. The van der Waals surface area contributed by atoms with Gasteiger partial charge in [-0.05, 0) is 42.7 Å². The number of fused-ring (bicyclic) bond motifs is 1. The van der Waals surface area contributed by atoms with Crippen LogP contribution >= 0.6 is 15.9 Å².